The second kappa shape index (κ2) is 9.81. The first kappa shape index (κ1) is 23.5. The molecule has 1 aliphatic rings. The van der Waals surface area contributed by atoms with Crippen molar-refractivity contribution in [1.29, 1.82) is 0 Å². The number of carboxylic acids is 1. The Morgan fingerprint density at radius 2 is 1.97 bits per heavy atom. The molecule has 0 saturated heterocycles. The number of imidazole rings is 1. The number of carbonyl (C=O) groups is 1. The molecule has 1 fully saturated rings. The third-order valence-electron chi connectivity index (χ3n) is 6.63. The molecule has 35 heavy (non-hydrogen) atoms. The fourth-order valence-corrected chi connectivity index (χ4v) is 5.18. The molecule has 2 heterocycles. The largest absolute Gasteiger partial charge is 0.487 e. The predicted octanol–water partition coefficient (Wildman–Crippen LogP) is 5.66. The summed E-state index contributed by atoms with van der Waals surface area (Å²) < 4.78 is 25.8. The summed E-state index contributed by atoms with van der Waals surface area (Å²) in [6.45, 7) is 0.661. The lowest BCUT2D eigenvalue weighted by Crippen LogP contribution is -2.27. The highest BCUT2D eigenvalue weighted by atomic mass is 79.9. The van der Waals surface area contributed by atoms with Crippen LogP contribution in [0, 0.1) is 11.7 Å². The highest BCUT2D eigenvalue weighted by molar-refractivity contribution is 9.10. The summed E-state index contributed by atoms with van der Waals surface area (Å²) in [5.41, 5.74) is 2.57. The van der Waals surface area contributed by atoms with Gasteiger partial charge in [0.15, 0.2) is 5.82 Å². The summed E-state index contributed by atoms with van der Waals surface area (Å²) in [6.07, 6.45) is 4.94. The lowest BCUT2D eigenvalue weighted by atomic mass is 9.78. The number of aliphatic carboxylic acids is 1. The number of nitrogens with zero attached hydrogens (tertiary/aromatic N) is 4. The highest BCUT2D eigenvalue weighted by Crippen LogP contribution is 2.40. The Bertz CT molecular complexity index is 1370. The lowest BCUT2D eigenvalue weighted by Gasteiger charge is -2.28. The fourth-order valence-electron chi connectivity index (χ4n) is 4.91. The number of hydrogen-bond acceptors (Lipinski definition) is 4. The minimum absolute atomic E-state index is 0.212. The molecule has 7 nitrogen and oxygen atoms in total. The number of ether oxygens (including phenoxy) is 1. The van der Waals surface area contributed by atoms with Gasteiger partial charge in [-0.25, -0.2) is 9.37 Å². The minimum atomic E-state index is -0.822. The number of benzene rings is 2. The molecule has 5 rings (SSSR count). The van der Waals surface area contributed by atoms with Crippen LogP contribution in [0.3, 0.4) is 0 Å². The van der Waals surface area contributed by atoms with Gasteiger partial charge in [-0.2, -0.15) is 5.10 Å². The fraction of sp³-hybridized carbons (Fsp3) is 0.346. The van der Waals surface area contributed by atoms with Crippen LogP contribution in [-0.2, 0) is 25.0 Å². The molecule has 4 aromatic rings. The third-order valence-corrected chi connectivity index (χ3v) is 7.16. The van der Waals surface area contributed by atoms with Crippen molar-refractivity contribution in [2.75, 3.05) is 0 Å². The maximum atomic E-state index is 15.3. The standard InChI is InChI=1S/C26H26BrFN4O3/c1-31-11-10-18(30-31)15-35-19-12-22(28)24-23(13-19)32(14-16-6-8-17(27)9-7-16)25(29-24)20-4-2-3-5-21(20)26(33)34/h6-13,20-21H,2-5,14-15H2,1H3,(H,33,34)/t20-,21+/m1/s1. The van der Waals surface area contributed by atoms with Gasteiger partial charge >= 0.3 is 5.97 Å². The van der Waals surface area contributed by atoms with Gasteiger partial charge in [0.05, 0.1) is 17.1 Å². The molecule has 9 heteroatoms. The van der Waals surface area contributed by atoms with Crippen LogP contribution in [0.15, 0.2) is 53.1 Å². The van der Waals surface area contributed by atoms with Crippen LogP contribution in [0.5, 0.6) is 5.75 Å². The van der Waals surface area contributed by atoms with Gasteiger partial charge in [0.2, 0.25) is 0 Å². The van der Waals surface area contributed by atoms with Crippen LogP contribution in [0.1, 0.15) is 48.7 Å². The monoisotopic (exact) mass is 540 g/mol. The molecular formula is C26H26BrFN4O3. The number of carboxylic acid groups (broad SMARTS) is 1. The van der Waals surface area contributed by atoms with Gasteiger partial charge in [-0.3, -0.25) is 9.48 Å². The molecular weight excluding hydrogens is 515 g/mol. The zero-order valence-electron chi connectivity index (χ0n) is 19.3. The summed E-state index contributed by atoms with van der Waals surface area (Å²) in [7, 11) is 1.83. The molecule has 0 aliphatic heterocycles. The zero-order valence-corrected chi connectivity index (χ0v) is 20.9. The van der Waals surface area contributed by atoms with Crippen LogP contribution in [0.4, 0.5) is 4.39 Å². The molecule has 0 bridgehead atoms. The number of hydrogen-bond donors (Lipinski definition) is 1. The molecule has 2 aromatic carbocycles. The maximum Gasteiger partial charge on any atom is 0.307 e. The van der Waals surface area contributed by atoms with Crippen molar-refractivity contribution in [2.24, 2.45) is 13.0 Å². The van der Waals surface area contributed by atoms with E-state index in [0.717, 1.165) is 28.6 Å². The Morgan fingerprint density at radius 1 is 1.20 bits per heavy atom. The number of fused-ring (bicyclic) bond motifs is 1. The third kappa shape index (κ3) is 4.96. The van der Waals surface area contributed by atoms with E-state index < -0.39 is 17.7 Å². The van der Waals surface area contributed by atoms with Crippen molar-refractivity contribution in [3.05, 3.63) is 76.0 Å². The van der Waals surface area contributed by atoms with Gasteiger partial charge in [-0.05, 0) is 36.6 Å². The Kier molecular flexibility index (Phi) is 6.60. The first-order valence-corrected chi connectivity index (χ1v) is 12.5. The molecule has 0 spiro atoms. The average molecular weight is 541 g/mol. The first-order chi connectivity index (χ1) is 16.9. The zero-order chi connectivity index (χ0) is 24.5. The van der Waals surface area contributed by atoms with E-state index in [2.05, 4.69) is 26.0 Å². The molecule has 182 valence electrons. The SMILES string of the molecule is Cn1ccc(COc2cc(F)c3nc([C@@H]4CCCC[C@@H]4C(=O)O)n(Cc4ccc(Br)cc4)c3c2)n1. The summed E-state index contributed by atoms with van der Waals surface area (Å²) in [5.74, 6) is -1.12. The first-order valence-electron chi connectivity index (χ1n) is 11.7. The lowest BCUT2D eigenvalue weighted by molar-refractivity contribution is -0.143. The molecule has 2 atom stereocenters. The topological polar surface area (TPSA) is 82.2 Å². The van der Waals surface area contributed by atoms with E-state index in [-0.39, 0.29) is 18.0 Å². The van der Waals surface area contributed by atoms with E-state index in [9.17, 15) is 9.90 Å². The highest BCUT2D eigenvalue weighted by Gasteiger charge is 2.35. The minimum Gasteiger partial charge on any atom is -0.487 e. The van der Waals surface area contributed by atoms with Crippen molar-refractivity contribution >= 4 is 32.9 Å². The van der Waals surface area contributed by atoms with E-state index in [4.69, 9.17) is 4.74 Å². The average Bonchev–Trinajstić information content (AvgIpc) is 3.43. The van der Waals surface area contributed by atoms with Gasteiger partial charge in [-0.1, -0.05) is 40.9 Å². The van der Waals surface area contributed by atoms with Crippen molar-refractivity contribution < 1.29 is 19.0 Å². The van der Waals surface area contributed by atoms with Crippen LogP contribution in [0.2, 0.25) is 0 Å². The Hall–Kier alpha value is -3.20. The van der Waals surface area contributed by atoms with E-state index in [1.165, 1.54) is 6.07 Å². The number of rotatable bonds is 7. The number of aromatic nitrogens is 4. The Labute approximate surface area is 210 Å². The second-order valence-corrected chi connectivity index (χ2v) is 9.98. The smallest absolute Gasteiger partial charge is 0.307 e. The molecule has 1 N–H and O–H groups in total. The van der Waals surface area contributed by atoms with Gasteiger partial charge < -0.3 is 14.4 Å². The second-order valence-electron chi connectivity index (χ2n) is 9.06. The van der Waals surface area contributed by atoms with Gasteiger partial charge in [-0.15, -0.1) is 0 Å². The van der Waals surface area contributed by atoms with Crippen molar-refractivity contribution in [2.45, 2.75) is 44.8 Å². The molecule has 0 unspecified atom stereocenters. The quantitative estimate of drug-likeness (QED) is 0.327. The van der Waals surface area contributed by atoms with E-state index in [1.54, 1.807) is 10.7 Å². The van der Waals surface area contributed by atoms with Crippen molar-refractivity contribution in [1.82, 2.24) is 19.3 Å². The molecule has 0 radical (unpaired) electrons. The molecule has 0 amide bonds. The molecule has 1 saturated carbocycles. The summed E-state index contributed by atoms with van der Waals surface area (Å²) in [6, 6.07) is 12.9. The van der Waals surface area contributed by atoms with Gasteiger partial charge in [0, 0.05) is 42.3 Å². The van der Waals surface area contributed by atoms with Crippen LogP contribution < -0.4 is 4.74 Å². The van der Waals surface area contributed by atoms with Gasteiger partial charge in [0.25, 0.3) is 0 Å². The number of aryl methyl sites for hydroxylation is 1. The van der Waals surface area contributed by atoms with E-state index in [1.807, 2.05) is 48.1 Å². The van der Waals surface area contributed by atoms with Crippen LogP contribution in [-0.4, -0.2) is 30.4 Å². The van der Waals surface area contributed by atoms with Crippen LogP contribution in [0.25, 0.3) is 11.0 Å². The van der Waals surface area contributed by atoms with Crippen molar-refractivity contribution in [3.63, 3.8) is 0 Å². The number of halogens is 2. The van der Waals surface area contributed by atoms with Crippen LogP contribution >= 0.6 is 15.9 Å². The van der Waals surface area contributed by atoms with E-state index >= 15 is 4.39 Å². The Balaban J connectivity index is 1.58. The molecule has 2 aromatic heterocycles. The normalized spacial score (nSPS) is 18.1. The maximum absolute atomic E-state index is 15.3. The summed E-state index contributed by atoms with van der Waals surface area (Å²) in [5, 5.41) is 14.2. The predicted molar refractivity (Wildman–Crippen MR) is 133 cm³/mol. The van der Waals surface area contributed by atoms with Gasteiger partial charge in [0.1, 0.15) is 23.7 Å². The summed E-state index contributed by atoms with van der Waals surface area (Å²) in [4.78, 5) is 16.7. The van der Waals surface area contributed by atoms with E-state index in [0.29, 0.717) is 36.5 Å². The summed E-state index contributed by atoms with van der Waals surface area (Å²) >= 11 is 3.46. The van der Waals surface area contributed by atoms with Crippen molar-refractivity contribution in [3.8, 4) is 5.75 Å². The Morgan fingerprint density at radius 3 is 2.69 bits per heavy atom. The molecule has 1 aliphatic carbocycles.